The molecule has 32 heavy (non-hydrogen) atoms. The standard InChI is InChI=1S/C23H23FN4O3S/c24-19-5-1-15(2-6-19)13-32-23-27-21(29)18(9-16-10-25-14-26-11-16)12-28(23)20-7-3-17(4-8-20)22(30)31/h1-2,5-6,10-12,14,17,20H,3-4,7-9,13H2,(H,30,31). The number of nitrogens with zero attached hydrogens (tertiary/aromatic N) is 4. The van der Waals surface area contributed by atoms with E-state index in [1.165, 1.54) is 30.2 Å². The molecule has 1 aromatic carbocycles. The molecule has 0 bridgehead atoms. The van der Waals surface area contributed by atoms with Gasteiger partial charge < -0.3 is 9.67 Å². The summed E-state index contributed by atoms with van der Waals surface area (Å²) in [5, 5.41) is 9.91. The van der Waals surface area contributed by atoms with E-state index < -0.39 is 5.97 Å². The molecule has 2 heterocycles. The predicted octanol–water partition coefficient (Wildman–Crippen LogP) is 3.87. The summed E-state index contributed by atoms with van der Waals surface area (Å²) >= 11 is 1.42. The van der Waals surface area contributed by atoms with Crippen molar-refractivity contribution in [3.8, 4) is 0 Å². The molecule has 4 rings (SSSR count). The van der Waals surface area contributed by atoms with Gasteiger partial charge >= 0.3 is 5.97 Å². The van der Waals surface area contributed by atoms with Crippen molar-refractivity contribution in [1.82, 2.24) is 19.5 Å². The van der Waals surface area contributed by atoms with E-state index in [1.807, 2.05) is 10.8 Å². The Morgan fingerprint density at radius 1 is 1.09 bits per heavy atom. The molecule has 1 fully saturated rings. The lowest BCUT2D eigenvalue weighted by molar-refractivity contribution is -0.143. The molecule has 1 aliphatic rings. The lowest BCUT2D eigenvalue weighted by Crippen LogP contribution is -2.27. The zero-order valence-corrected chi connectivity index (χ0v) is 18.2. The molecule has 1 N–H and O–H groups in total. The van der Waals surface area contributed by atoms with Crippen molar-refractivity contribution < 1.29 is 14.3 Å². The fraction of sp³-hybridized carbons (Fsp3) is 0.348. The first-order chi connectivity index (χ1) is 15.5. The molecule has 7 nitrogen and oxygen atoms in total. The second-order valence-electron chi connectivity index (χ2n) is 7.94. The summed E-state index contributed by atoms with van der Waals surface area (Å²) in [4.78, 5) is 36.5. The fourth-order valence-electron chi connectivity index (χ4n) is 3.96. The van der Waals surface area contributed by atoms with E-state index in [2.05, 4.69) is 15.0 Å². The second kappa shape index (κ2) is 10.0. The Morgan fingerprint density at radius 3 is 2.44 bits per heavy atom. The van der Waals surface area contributed by atoms with Crippen molar-refractivity contribution >= 4 is 17.7 Å². The topological polar surface area (TPSA) is 98.0 Å². The van der Waals surface area contributed by atoms with Crippen LogP contribution in [0, 0.1) is 11.7 Å². The zero-order chi connectivity index (χ0) is 22.5. The zero-order valence-electron chi connectivity index (χ0n) is 17.4. The van der Waals surface area contributed by atoms with Gasteiger partial charge in [0.05, 0.1) is 5.92 Å². The minimum absolute atomic E-state index is 0.0696. The molecule has 0 spiro atoms. The van der Waals surface area contributed by atoms with E-state index in [0.717, 1.165) is 11.1 Å². The summed E-state index contributed by atoms with van der Waals surface area (Å²) in [5.74, 6) is -0.825. The van der Waals surface area contributed by atoms with Gasteiger partial charge in [-0.15, -0.1) is 0 Å². The van der Waals surface area contributed by atoms with E-state index in [4.69, 9.17) is 0 Å². The van der Waals surface area contributed by atoms with Gasteiger partial charge in [0.15, 0.2) is 5.16 Å². The number of carbonyl (C=O) groups is 1. The predicted molar refractivity (Wildman–Crippen MR) is 118 cm³/mol. The Balaban J connectivity index is 1.61. The van der Waals surface area contributed by atoms with Crippen LogP contribution in [-0.4, -0.2) is 30.6 Å². The maximum Gasteiger partial charge on any atom is 0.306 e. The third-order valence-corrected chi connectivity index (χ3v) is 6.75. The van der Waals surface area contributed by atoms with Crippen LogP contribution >= 0.6 is 11.8 Å². The Hall–Kier alpha value is -3.07. The van der Waals surface area contributed by atoms with Crippen molar-refractivity contribution in [2.75, 3.05) is 0 Å². The summed E-state index contributed by atoms with van der Waals surface area (Å²) in [7, 11) is 0. The van der Waals surface area contributed by atoms with Crippen molar-refractivity contribution in [1.29, 1.82) is 0 Å². The number of rotatable bonds is 7. The molecule has 0 amide bonds. The van der Waals surface area contributed by atoms with E-state index in [9.17, 15) is 19.1 Å². The Kier molecular flexibility index (Phi) is 6.94. The molecule has 1 aliphatic carbocycles. The quantitative estimate of drug-likeness (QED) is 0.427. The lowest BCUT2D eigenvalue weighted by atomic mass is 9.86. The largest absolute Gasteiger partial charge is 0.481 e. The van der Waals surface area contributed by atoms with Crippen molar-refractivity contribution in [2.24, 2.45) is 5.92 Å². The van der Waals surface area contributed by atoms with Crippen LogP contribution in [0.15, 0.2) is 59.1 Å². The Labute approximate surface area is 188 Å². The van der Waals surface area contributed by atoms with Crippen LogP contribution in [0.4, 0.5) is 4.39 Å². The average Bonchev–Trinajstić information content (AvgIpc) is 2.81. The molecule has 1 saturated carbocycles. The summed E-state index contributed by atoms with van der Waals surface area (Å²) in [6, 6.07) is 6.32. The first kappa shape index (κ1) is 22.1. The van der Waals surface area contributed by atoms with Gasteiger partial charge in [-0.2, -0.15) is 4.98 Å². The van der Waals surface area contributed by atoms with Crippen molar-refractivity contribution in [3.05, 3.63) is 82.0 Å². The molecule has 0 aliphatic heterocycles. The number of hydrogen-bond donors (Lipinski definition) is 1. The highest BCUT2D eigenvalue weighted by Gasteiger charge is 2.28. The monoisotopic (exact) mass is 454 g/mol. The highest BCUT2D eigenvalue weighted by atomic mass is 32.2. The van der Waals surface area contributed by atoms with E-state index in [1.54, 1.807) is 24.5 Å². The fourth-order valence-corrected chi connectivity index (χ4v) is 4.94. The van der Waals surface area contributed by atoms with Crippen LogP contribution in [0.1, 0.15) is 48.4 Å². The van der Waals surface area contributed by atoms with Gasteiger partial charge in [0.2, 0.25) is 0 Å². The Bertz CT molecular complexity index is 1130. The van der Waals surface area contributed by atoms with Gasteiger partial charge in [0, 0.05) is 42.4 Å². The molecule has 0 atom stereocenters. The molecule has 166 valence electrons. The minimum Gasteiger partial charge on any atom is -0.481 e. The van der Waals surface area contributed by atoms with Gasteiger partial charge in [-0.3, -0.25) is 9.59 Å². The smallest absolute Gasteiger partial charge is 0.306 e. The third-order valence-electron chi connectivity index (χ3n) is 5.72. The lowest BCUT2D eigenvalue weighted by Gasteiger charge is -2.29. The van der Waals surface area contributed by atoms with Crippen LogP contribution in [0.25, 0.3) is 0 Å². The third kappa shape index (κ3) is 5.40. The summed E-state index contributed by atoms with van der Waals surface area (Å²) in [5.41, 5.74) is 1.99. The molecule has 0 saturated heterocycles. The minimum atomic E-state index is -0.753. The number of aliphatic carboxylic acids is 1. The van der Waals surface area contributed by atoms with E-state index in [0.29, 0.717) is 48.6 Å². The van der Waals surface area contributed by atoms with Gasteiger partial charge in [-0.25, -0.2) is 14.4 Å². The summed E-state index contributed by atoms with van der Waals surface area (Å²) < 4.78 is 15.2. The first-order valence-corrected chi connectivity index (χ1v) is 11.4. The molecular formula is C23H23FN4O3S. The normalized spacial score (nSPS) is 18.4. The van der Waals surface area contributed by atoms with Crippen molar-refractivity contribution in [2.45, 2.75) is 49.1 Å². The maximum atomic E-state index is 13.2. The first-order valence-electron chi connectivity index (χ1n) is 10.5. The van der Waals surface area contributed by atoms with Crippen LogP contribution in [0.3, 0.4) is 0 Å². The number of carboxylic acids is 1. The van der Waals surface area contributed by atoms with Gasteiger partial charge in [-0.05, 0) is 48.9 Å². The number of hydrogen-bond acceptors (Lipinski definition) is 6. The Morgan fingerprint density at radius 2 is 1.78 bits per heavy atom. The van der Waals surface area contributed by atoms with Gasteiger partial charge in [0.1, 0.15) is 12.1 Å². The summed E-state index contributed by atoms with van der Waals surface area (Å²) in [6.45, 7) is 0. The number of aromatic nitrogens is 4. The molecule has 3 aromatic rings. The number of benzene rings is 1. The highest BCUT2D eigenvalue weighted by Crippen LogP contribution is 2.35. The molecule has 9 heteroatoms. The number of halogens is 1. The van der Waals surface area contributed by atoms with Crippen LogP contribution in [0.2, 0.25) is 0 Å². The molecule has 0 unspecified atom stereocenters. The maximum absolute atomic E-state index is 13.2. The number of thioether (sulfide) groups is 1. The van der Waals surface area contributed by atoms with E-state index in [-0.39, 0.29) is 23.3 Å². The summed E-state index contributed by atoms with van der Waals surface area (Å²) in [6.07, 6.45) is 9.61. The average molecular weight is 455 g/mol. The van der Waals surface area contributed by atoms with Crippen LogP contribution < -0.4 is 5.56 Å². The number of carboxylic acid groups (broad SMARTS) is 1. The van der Waals surface area contributed by atoms with Gasteiger partial charge in [-0.1, -0.05) is 23.9 Å². The van der Waals surface area contributed by atoms with Crippen LogP contribution in [0.5, 0.6) is 0 Å². The van der Waals surface area contributed by atoms with Gasteiger partial charge in [0.25, 0.3) is 5.56 Å². The van der Waals surface area contributed by atoms with Crippen molar-refractivity contribution in [3.63, 3.8) is 0 Å². The second-order valence-corrected chi connectivity index (χ2v) is 8.89. The van der Waals surface area contributed by atoms with Crippen LogP contribution in [-0.2, 0) is 17.0 Å². The van der Waals surface area contributed by atoms with E-state index >= 15 is 0 Å². The molecular weight excluding hydrogens is 431 g/mol. The SMILES string of the molecule is O=C(O)C1CCC(n2cc(Cc3cncnc3)c(=O)nc2SCc2ccc(F)cc2)CC1. The molecule has 2 aromatic heterocycles. The highest BCUT2D eigenvalue weighted by molar-refractivity contribution is 7.98. The molecule has 0 radical (unpaired) electrons.